The van der Waals surface area contributed by atoms with E-state index < -0.39 is 5.60 Å². The predicted molar refractivity (Wildman–Crippen MR) is 125 cm³/mol. The van der Waals surface area contributed by atoms with Crippen molar-refractivity contribution >= 4 is 34.6 Å². The Bertz CT molecular complexity index is 1100. The molecule has 3 fully saturated rings. The third-order valence-electron chi connectivity index (χ3n) is 6.74. The molecule has 2 aromatic rings. The third-order valence-corrected chi connectivity index (χ3v) is 6.74. The fourth-order valence-electron chi connectivity index (χ4n) is 4.92. The monoisotopic (exact) mass is 452 g/mol. The number of fused-ring (bicyclic) bond motifs is 1. The van der Waals surface area contributed by atoms with Crippen molar-refractivity contribution in [2.45, 2.75) is 70.4 Å². The van der Waals surface area contributed by atoms with Gasteiger partial charge in [0.2, 0.25) is 5.91 Å². The highest BCUT2D eigenvalue weighted by molar-refractivity contribution is 6.06. The van der Waals surface area contributed by atoms with Gasteiger partial charge in [0.15, 0.2) is 0 Å². The van der Waals surface area contributed by atoms with Crippen molar-refractivity contribution in [3.8, 4) is 0 Å². The number of amides is 4. The number of hydrogen-bond donors (Lipinski definition) is 1. The summed E-state index contributed by atoms with van der Waals surface area (Å²) in [5, 5.41) is 3.60. The maximum Gasteiger partial charge on any atom is 0.410 e. The number of ether oxygens (including phenoxy) is 1. The van der Waals surface area contributed by atoms with Crippen LogP contribution in [0.2, 0.25) is 0 Å². The Kier molecular flexibility index (Phi) is 5.34. The second kappa shape index (κ2) is 8.08. The number of anilines is 1. The lowest BCUT2D eigenvalue weighted by molar-refractivity contribution is -0.120. The maximum absolute atomic E-state index is 12.4. The average molecular weight is 453 g/mol. The van der Waals surface area contributed by atoms with Crippen molar-refractivity contribution in [2.75, 3.05) is 24.5 Å². The molecule has 1 saturated carbocycles. The quantitative estimate of drug-likeness (QED) is 0.741. The molecule has 0 spiro atoms. The molecule has 1 N–H and O–H groups in total. The summed E-state index contributed by atoms with van der Waals surface area (Å²) < 4.78 is 7.91. The number of carbonyl (C=O) groups excluding carboxylic acids is 3. The molecular weight excluding hydrogens is 420 g/mol. The van der Waals surface area contributed by atoms with Crippen molar-refractivity contribution < 1.29 is 19.1 Å². The van der Waals surface area contributed by atoms with Gasteiger partial charge in [0.25, 0.3) is 0 Å². The molecule has 2 aliphatic heterocycles. The fraction of sp³-hybridized carbons (Fsp3) is 0.560. The molecule has 4 amide bonds. The Morgan fingerprint density at radius 2 is 1.79 bits per heavy atom. The van der Waals surface area contributed by atoms with Crippen molar-refractivity contribution in [1.29, 1.82) is 0 Å². The second-order valence-electron chi connectivity index (χ2n) is 10.4. The van der Waals surface area contributed by atoms with E-state index in [0.29, 0.717) is 38.0 Å². The minimum absolute atomic E-state index is 0.222. The third kappa shape index (κ3) is 4.43. The van der Waals surface area contributed by atoms with E-state index in [0.717, 1.165) is 18.5 Å². The molecule has 33 heavy (non-hydrogen) atoms. The van der Waals surface area contributed by atoms with Gasteiger partial charge in [-0.1, -0.05) is 0 Å². The van der Waals surface area contributed by atoms with Crippen LogP contribution in [0.3, 0.4) is 0 Å². The highest BCUT2D eigenvalue weighted by atomic mass is 16.6. The number of imide groups is 1. The van der Waals surface area contributed by atoms with Gasteiger partial charge in [-0.25, -0.2) is 9.59 Å². The maximum atomic E-state index is 12.4. The van der Waals surface area contributed by atoms with Crippen LogP contribution in [0, 0.1) is 0 Å². The lowest BCUT2D eigenvalue weighted by Crippen LogP contribution is -2.49. The summed E-state index contributed by atoms with van der Waals surface area (Å²) >= 11 is 0. The van der Waals surface area contributed by atoms with Crippen LogP contribution in [0.25, 0.3) is 10.9 Å². The number of nitrogens with one attached hydrogen (secondary N) is 1. The zero-order chi connectivity index (χ0) is 23.3. The summed E-state index contributed by atoms with van der Waals surface area (Å²) in [5.74, 6) is 0.350. The van der Waals surface area contributed by atoms with Crippen molar-refractivity contribution in [3.63, 3.8) is 0 Å². The van der Waals surface area contributed by atoms with E-state index in [1.165, 1.54) is 29.3 Å². The number of benzene rings is 1. The molecular formula is C25H32N4O4. The van der Waals surface area contributed by atoms with Crippen LogP contribution >= 0.6 is 0 Å². The van der Waals surface area contributed by atoms with Crippen LogP contribution in [0.1, 0.15) is 70.4 Å². The van der Waals surface area contributed by atoms with E-state index in [4.69, 9.17) is 4.74 Å². The van der Waals surface area contributed by atoms with Gasteiger partial charge in [0.1, 0.15) is 5.60 Å². The number of likely N-dealkylation sites (tertiary alicyclic amines) is 1. The minimum atomic E-state index is -0.486. The van der Waals surface area contributed by atoms with E-state index in [9.17, 15) is 14.4 Å². The van der Waals surface area contributed by atoms with Crippen LogP contribution in [0.5, 0.6) is 0 Å². The van der Waals surface area contributed by atoms with Crippen LogP contribution in [-0.2, 0) is 9.53 Å². The molecule has 1 aromatic heterocycles. The average Bonchev–Trinajstić information content (AvgIpc) is 3.53. The van der Waals surface area contributed by atoms with Crippen molar-refractivity contribution in [3.05, 3.63) is 30.0 Å². The Morgan fingerprint density at radius 3 is 2.42 bits per heavy atom. The molecule has 0 unspecified atom stereocenters. The first kappa shape index (κ1) is 21.8. The number of rotatable bonds is 3. The van der Waals surface area contributed by atoms with Crippen LogP contribution in [0.15, 0.2) is 24.4 Å². The summed E-state index contributed by atoms with van der Waals surface area (Å²) in [7, 11) is 0. The second-order valence-corrected chi connectivity index (χ2v) is 10.4. The van der Waals surface area contributed by atoms with Gasteiger partial charge in [0.05, 0.1) is 0 Å². The Hall–Kier alpha value is -3.03. The fourth-order valence-corrected chi connectivity index (χ4v) is 4.92. The van der Waals surface area contributed by atoms with Gasteiger partial charge >= 0.3 is 12.1 Å². The van der Waals surface area contributed by atoms with Gasteiger partial charge in [-0.05, 0) is 76.1 Å². The Morgan fingerprint density at radius 1 is 1.06 bits per heavy atom. The lowest BCUT2D eigenvalue weighted by atomic mass is 10.0. The molecule has 0 bridgehead atoms. The Balaban J connectivity index is 1.38. The Labute approximate surface area is 193 Å². The smallest absolute Gasteiger partial charge is 0.410 e. The van der Waals surface area contributed by atoms with Crippen molar-refractivity contribution in [2.24, 2.45) is 0 Å². The summed E-state index contributed by atoms with van der Waals surface area (Å²) in [4.78, 5) is 39.8. The zero-order valence-electron chi connectivity index (χ0n) is 19.6. The number of hydrogen-bond acceptors (Lipinski definition) is 4. The largest absolute Gasteiger partial charge is 0.444 e. The van der Waals surface area contributed by atoms with Crippen LogP contribution in [0.4, 0.5) is 15.3 Å². The molecule has 176 valence electrons. The van der Waals surface area contributed by atoms with Gasteiger partial charge < -0.3 is 14.2 Å². The molecule has 1 aliphatic carbocycles. The molecule has 8 nitrogen and oxygen atoms in total. The molecule has 8 heteroatoms. The first-order valence-electron chi connectivity index (χ1n) is 11.9. The minimum Gasteiger partial charge on any atom is -0.444 e. The predicted octanol–water partition coefficient (Wildman–Crippen LogP) is 4.54. The highest BCUT2D eigenvalue weighted by Crippen LogP contribution is 2.46. The van der Waals surface area contributed by atoms with E-state index in [-0.39, 0.29) is 18.0 Å². The summed E-state index contributed by atoms with van der Waals surface area (Å²) in [6, 6.07) is 6.14. The first-order chi connectivity index (χ1) is 15.7. The lowest BCUT2D eigenvalue weighted by Gasteiger charge is -2.34. The molecule has 5 rings (SSSR count). The standard InChI is InChI=1S/C25H32N4O4/c1-25(2,3)33-24(32)27-11-8-17(9-12-27)29-15-20(16-4-5-16)19-14-18(6-7-21(19)29)28-13-10-22(30)26-23(28)31/h6-7,14-17H,4-5,8-13H2,1-3H3,(H,26,30,31). The van der Waals surface area contributed by atoms with Gasteiger partial charge in [-0.2, -0.15) is 0 Å². The zero-order valence-corrected chi connectivity index (χ0v) is 19.6. The van der Waals surface area contributed by atoms with Crippen LogP contribution < -0.4 is 10.2 Å². The number of aromatic nitrogens is 1. The molecule has 1 aromatic carbocycles. The van der Waals surface area contributed by atoms with Gasteiger partial charge in [-0.15, -0.1) is 0 Å². The number of carbonyl (C=O) groups is 3. The van der Waals surface area contributed by atoms with E-state index >= 15 is 0 Å². The molecule has 2 saturated heterocycles. The van der Waals surface area contributed by atoms with E-state index in [1.54, 1.807) is 4.90 Å². The van der Waals surface area contributed by atoms with Gasteiger partial charge in [0, 0.05) is 54.9 Å². The van der Waals surface area contributed by atoms with Crippen molar-refractivity contribution in [1.82, 2.24) is 14.8 Å². The molecule has 3 heterocycles. The number of nitrogens with zero attached hydrogens (tertiary/aromatic N) is 3. The number of urea groups is 1. The summed E-state index contributed by atoms with van der Waals surface area (Å²) in [6.45, 7) is 7.43. The summed E-state index contributed by atoms with van der Waals surface area (Å²) in [5.41, 5.74) is 2.85. The first-order valence-corrected chi connectivity index (χ1v) is 11.9. The molecule has 3 aliphatic rings. The molecule has 0 atom stereocenters. The normalized spacial score (nSPS) is 20.3. The number of piperidine rings is 1. The van der Waals surface area contributed by atoms with Crippen LogP contribution in [-0.4, -0.2) is 52.7 Å². The summed E-state index contributed by atoms with van der Waals surface area (Å²) in [6.07, 6.45) is 6.52. The van der Waals surface area contributed by atoms with E-state index in [2.05, 4.69) is 28.2 Å². The van der Waals surface area contributed by atoms with Gasteiger partial charge in [-0.3, -0.25) is 15.0 Å². The SMILES string of the molecule is CC(C)(C)OC(=O)N1CCC(n2cc(C3CC3)c3cc(N4CCC(=O)NC4=O)ccc32)CC1. The topological polar surface area (TPSA) is 83.9 Å². The highest BCUT2D eigenvalue weighted by Gasteiger charge is 2.32. The van der Waals surface area contributed by atoms with E-state index in [1.807, 2.05) is 31.7 Å². The molecule has 0 radical (unpaired) electrons.